The average Bonchev–Trinajstić information content (AvgIpc) is 2.46. The van der Waals surface area contributed by atoms with Crippen molar-refractivity contribution >= 4 is 5.97 Å². The predicted molar refractivity (Wildman–Crippen MR) is 49.1 cm³/mol. The first-order valence-corrected chi connectivity index (χ1v) is 4.94. The van der Waals surface area contributed by atoms with Crippen LogP contribution in [-0.2, 0) is 9.53 Å². The molecule has 0 aliphatic carbocycles. The van der Waals surface area contributed by atoms with Crippen molar-refractivity contribution in [2.45, 2.75) is 37.6 Å². The standard InChI is InChI=1S/C7H13NO.C2HF3O2/c1-6-2-3-7(9-6)4-8-5-7;3-2(4,5)1(6)7/h6,8H,2-5H2,1H3;(H,6,7). The number of nitrogens with one attached hydrogen (secondary N) is 1. The number of hydrogen-bond donors (Lipinski definition) is 2. The highest BCUT2D eigenvalue weighted by Gasteiger charge is 2.43. The van der Waals surface area contributed by atoms with Crippen LogP contribution in [0.3, 0.4) is 0 Å². The van der Waals surface area contributed by atoms with Gasteiger partial charge < -0.3 is 15.2 Å². The van der Waals surface area contributed by atoms with Gasteiger partial charge in [-0.05, 0) is 19.8 Å². The molecule has 94 valence electrons. The largest absolute Gasteiger partial charge is 0.490 e. The zero-order valence-electron chi connectivity index (χ0n) is 8.80. The predicted octanol–water partition coefficient (Wildman–Crippen LogP) is 1.16. The summed E-state index contributed by atoms with van der Waals surface area (Å²) in [7, 11) is 0. The van der Waals surface area contributed by atoms with Crippen LogP contribution in [0.4, 0.5) is 13.2 Å². The molecule has 4 nitrogen and oxygen atoms in total. The van der Waals surface area contributed by atoms with Gasteiger partial charge in [-0.15, -0.1) is 0 Å². The Bertz CT molecular complexity index is 263. The van der Waals surface area contributed by atoms with Gasteiger partial charge in [0.25, 0.3) is 0 Å². The maximum Gasteiger partial charge on any atom is 0.490 e. The number of halogens is 3. The van der Waals surface area contributed by atoms with Crippen molar-refractivity contribution in [1.82, 2.24) is 5.32 Å². The number of aliphatic carboxylic acids is 1. The smallest absolute Gasteiger partial charge is 0.475 e. The van der Waals surface area contributed by atoms with Crippen LogP contribution >= 0.6 is 0 Å². The lowest BCUT2D eigenvalue weighted by atomic mass is 9.94. The van der Waals surface area contributed by atoms with Crippen LogP contribution in [0.1, 0.15) is 19.8 Å². The van der Waals surface area contributed by atoms with E-state index in [-0.39, 0.29) is 5.60 Å². The van der Waals surface area contributed by atoms with Gasteiger partial charge in [0.15, 0.2) is 0 Å². The maximum atomic E-state index is 10.6. The number of carboxylic acids is 1. The Labute approximate surface area is 90.8 Å². The van der Waals surface area contributed by atoms with Gasteiger partial charge in [0, 0.05) is 13.1 Å². The molecule has 0 aromatic carbocycles. The van der Waals surface area contributed by atoms with E-state index in [0.717, 1.165) is 13.1 Å². The van der Waals surface area contributed by atoms with E-state index in [2.05, 4.69) is 12.2 Å². The highest BCUT2D eigenvalue weighted by molar-refractivity contribution is 5.73. The summed E-state index contributed by atoms with van der Waals surface area (Å²) in [5.74, 6) is -2.76. The number of ether oxygens (including phenoxy) is 1. The molecular formula is C9H14F3NO3. The third kappa shape index (κ3) is 3.34. The Morgan fingerprint density at radius 3 is 2.12 bits per heavy atom. The molecule has 16 heavy (non-hydrogen) atoms. The lowest BCUT2D eigenvalue weighted by Gasteiger charge is -2.38. The lowest BCUT2D eigenvalue weighted by molar-refractivity contribution is -0.192. The first-order chi connectivity index (χ1) is 7.25. The SMILES string of the molecule is CC1CCC2(CNC2)O1.O=C(O)C(F)(F)F. The molecule has 1 atom stereocenters. The normalized spacial score (nSPS) is 26.9. The fraction of sp³-hybridized carbons (Fsp3) is 0.889. The molecule has 0 saturated carbocycles. The highest BCUT2D eigenvalue weighted by atomic mass is 19.4. The van der Waals surface area contributed by atoms with Crippen molar-refractivity contribution in [3.05, 3.63) is 0 Å². The molecule has 2 heterocycles. The summed E-state index contributed by atoms with van der Waals surface area (Å²) in [6, 6.07) is 0. The highest BCUT2D eigenvalue weighted by Crippen LogP contribution is 2.32. The molecule has 2 N–H and O–H groups in total. The minimum atomic E-state index is -5.08. The second-order valence-corrected chi connectivity index (χ2v) is 4.06. The third-order valence-electron chi connectivity index (χ3n) is 2.59. The summed E-state index contributed by atoms with van der Waals surface area (Å²) in [6.45, 7) is 4.32. The van der Waals surface area contributed by atoms with Crippen molar-refractivity contribution < 1.29 is 27.8 Å². The summed E-state index contributed by atoms with van der Waals surface area (Å²) in [4.78, 5) is 8.90. The van der Waals surface area contributed by atoms with Gasteiger partial charge in [0.05, 0.1) is 11.7 Å². The van der Waals surface area contributed by atoms with E-state index in [9.17, 15) is 13.2 Å². The van der Waals surface area contributed by atoms with Crippen molar-refractivity contribution in [2.24, 2.45) is 0 Å². The molecule has 0 aromatic rings. The van der Waals surface area contributed by atoms with Gasteiger partial charge in [-0.1, -0.05) is 0 Å². The molecule has 0 radical (unpaired) electrons. The van der Waals surface area contributed by atoms with Crippen molar-refractivity contribution in [3.63, 3.8) is 0 Å². The van der Waals surface area contributed by atoms with E-state index in [1.54, 1.807) is 0 Å². The molecule has 2 fully saturated rings. The topological polar surface area (TPSA) is 58.6 Å². The summed E-state index contributed by atoms with van der Waals surface area (Å²) < 4.78 is 37.5. The first kappa shape index (κ1) is 13.2. The minimum Gasteiger partial charge on any atom is -0.475 e. The van der Waals surface area contributed by atoms with Crippen LogP contribution in [0, 0.1) is 0 Å². The summed E-state index contributed by atoms with van der Waals surface area (Å²) >= 11 is 0. The van der Waals surface area contributed by atoms with Crippen molar-refractivity contribution in [1.29, 1.82) is 0 Å². The van der Waals surface area contributed by atoms with Gasteiger partial charge >= 0.3 is 12.1 Å². The summed E-state index contributed by atoms with van der Waals surface area (Å²) in [6.07, 6.45) is -2.06. The molecule has 1 unspecified atom stereocenters. The van der Waals surface area contributed by atoms with E-state index in [1.807, 2.05) is 0 Å². The quantitative estimate of drug-likeness (QED) is 0.668. The fourth-order valence-corrected chi connectivity index (χ4v) is 1.67. The van der Waals surface area contributed by atoms with Gasteiger partial charge in [0.1, 0.15) is 0 Å². The minimum absolute atomic E-state index is 0.277. The fourth-order valence-electron chi connectivity index (χ4n) is 1.67. The average molecular weight is 241 g/mol. The molecule has 0 aromatic heterocycles. The molecular weight excluding hydrogens is 227 g/mol. The zero-order chi connectivity index (χ0) is 12.4. The van der Waals surface area contributed by atoms with Crippen LogP contribution in [0.15, 0.2) is 0 Å². The van der Waals surface area contributed by atoms with Gasteiger partial charge in [-0.3, -0.25) is 0 Å². The number of carboxylic acid groups (broad SMARTS) is 1. The van der Waals surface area contributed by atoms with Gasteiger partial charge in [-0.2, -0.15) is 13.2 Å². The van der Waals surface area contributed by atoms with Gasteiger partial charge in [-0.25, -0.2) is 4.79 Å². The first-order valence-electron chi connectivity index (χ1n) is 4.94. The van der Waals surface area contributed by atoms with Crippen molar-refractivity contribution in [3.8, 4) is 0 Å². The summed E-state index contributed by atoms with van der Waals surface area (Å²) in [5, 5.41) is 10.4. The van der Waals surface area contributed by atoms with Crippen LogP contribution in [0.2, 0.25) is 0 Å². The Balaban J connectivity index is 0.000000168. The van der Waals surface area contributed by atoms with Gasteiger partial charge in [0.2, 0.25) is 0 Å². The Morgan fingerprint density at radius 1 is 1.50 bits per heavy atom. The second kappa shape index (κ2) is 4.58. The van der Waals surface area contributed by atoms with Crippen molar-refractivity contribution in [2.75, 3.05) is 13.1 Å². The Hall–Kier alpha value is -0.820. The van der Waals surface area contributed by atoms with Crippen LogP contribution in [0.5, 0.6) is 0 Å². The molecule has 1 spiro atoms. The maximum absolute atomic E-state index is 10.6. The van der Waals surface area contributed by atoms with E-state index in [0.29, 0.717) is 6.10 Å². The van der Waals surface area contributed by atoms with Crippen LogP contribution in [-0.4, -0.2) is 42.0 Å². The lowest BCUT2D eigenvalue weighted by Crippen LogP contribution is -2.59. The molecule has 2 aliphatic heterocycles. The second-order valence-electron chi connectivity index (χ2n) is 4.06. The number of alkyl halides is 3. The number of hydrogen-bond acceptors (Lipinski definition) is 3. The summed E-state index contributed by atoms with van der Waals surface area (Å²) in [5.41, 5.74) is 0.277. The van der Waals surface area contributed by atoms with E-state index in [1.165, 1.54) is 12.8 Å². The number of carbonyl (C=O) groups is 1. The van der Waals surface area contributed by atoms with E-state index >= 15 is 0 Å². The van der Waals surface area contributed by atoms with E-state index < -0.39 is 12.1 Å². The Kier molecular flexibility index (Phi) is 3.80. The molecule has 2 aliphatic rings. The molecule has 7 heteroatoms. The zero-order valence-corrected chi connectivity index (χ0v) is 8.80. The third-order valence-corrected chi connectivity index (χ3v) is 2.59. The van der Waals surface area contributed by atoms with Crippen LogP contribution in [0.25, 0.3) is 0 Å². The Morgan fingerprint density at radius 2 is 2.00 bits per heavy atom. The molecule has 2 rings (SSSR count). The molecule has 2 saturated heterocycles. The van der Waals surface area contributed by atoms with Crippen LogP contribution < -0.4 is 5.32 Å². The molecule has 0 amide bonds. The number of rotatable bonds is 0. The monoisotopic (exact) mass is 241 g/mol. The van der Waals surface area contributed by atoms with E-state index in [4.69, 9.17) is 14.6 Å². The molecule has 0 bridgehead atoms.